The molecule has 2 atom stereocenters. The van der Waals surface area contributed by atoms with Crippen molar-refractivity contribution >= 4 is 27.5 Å². The second-order valence-corrected chi connectivity index (χ2v) is 6.41. The van der Waals surface area contributed by atoms with Crippen LogP contribution in [-0.4, -0.2) is 41.7 Å². The van der Waals surface area contributed by atoms with Crippen molar-refractivity contribution in [2.75, 3.05) is 25.0 Å². The molecule has 0 saturated carbocycles. The highest BCUT2D eigenvalue weighted by Crippen LogP contribution is 2.24. The van der Waals surface area contributed by atoms with Crippen molar-refractivity contribution in [3.05, 3.63) is 28.2 Å². The first kappa shape index (κ1) is 15.5. The maximum Gasteiger partial charge on any atom is 0.238 e. The van der Waals surface area contributed by atoms with Crippen LogP contribution in [0.4, 0.5) is 5.69 Å². The van der Waals surface area contributed by atoms with E-state index in [1.165, 1.54) is 0 Å². The van der Waals surface area contributed by atoms with E-state index >= 15 is 0 Å². The fraction of sp³-hybridized carbons (Fsp3) is 0.533. The van der Waals surface area contributed by atoms with Gasteiger partial charge in [-0.15, -0.1) is 0 Å². The predicted molar refractivity (Wildman–Crippen MR) is 83.7 cm³/mol. The van der Waals surface area contributed by atoms with Gasteiger partial charge < -0.3 is 10.4 Å². The van der Waals surface area contributed by atoms with Gasteiger partial charge in [0.2, 0.25) is 5.91 Å². The molecule has 2 unspecified atom stereocenters. The highest BCUT2D eigenvalue weighted by molar-refractivity contribution is 9.10. The number of aliphatic hydroxyl groups is 1. The smallest absolute Gasteiger partial charge is 0.238 e. The summed E-state index contributed by atoms with van der Waals surface area (Å²) in [5.41, 5.74) is 1.95. The molecule has 2 rings (SSSR count). The lowest BCUT2D eigenvalue weighted by Gasteiger charge is -2.17. The number of hydrogen-bond donors (Lipinski definition) is 2. The number of nitrogens with one attached hydrogen (secondary N) is 1. The zero-order chi connectivity index (χ0) is 14.7. The van der Waals surface area contributed by atoms with Crippen molar-refractivity contribution in [1.82, 2.24) is 4.90 Å². The first-order chi connectivity index (χ1) is 9.45. The minimum atomic E-state index is -0.297. The average molecular weight is 341 g/mol. The second kappa shape index (κ2) is 6.70. The van der Waals surface area contributed by atoms with E-state index in [9.17, 15) is 9.90 Å². The van der Waals surface area contributed by atoms with Crippen LogP contribution in [0.25, 0.3) is 0 Å². The van der Waals surface area contributed by atoms with Gasteiger partial charge in [-0.1, -0.05) is 6.07 Å². The number of hydrogen-bond acceptors (Lipinski definition) is 3. The summed E-state index contributed by atoms with van der Waals surface area (Å²) in [7, 11) is 0. The van der Waals surface area contributed by atoms with Gasteiger partial charge >= 0.3 is 0 Å². The number of likely N-dealkylation sites (tertiary alicyclic amines) is 1. The minimum Gasteiger partial charge on any atom is -0.393 e. The molecule has 0 radical (unpaired) electrons. The highest BCUT2D eigenvalue weighted by atomic mass is 79.9. The molecule has 0 aliphatic carbocycles. The second-order valence-electron chi connectivity index (χ2n) is 5.56. The number of aryl methyl sites for hydroxylation is 1. The molecule has 1 fully saturated rings. The van der Waals surface area contributed by atoms with E-state index in [4.69, 9.17) is 0 Å². The highest BCUT2D eigenvalue weighted by Gasteiger charge is 2.27. The van der Waals surface area contributed by atoms with Crippen LogP contribution in [0.2, 0.25) is 0 Å². The van der Waals surface area contributed by atoms with Crippen LogP contribution >= 0.6 is 15.9 Å². The van der Waals surface area contributed by atoms with Crippen LogP contribution in [-0.2, 0) is 4.79 Å². The molecule has 1 saturated heterocycles. The lowest BCUT2D eigenvalue weighted by molar-refractivity contribution is -0.117. The largest absolute Gasteiger partial charge is 0.393 e. The topological polar surface area (TPSA) is 52.6 Å². The average Bonchev–Trinajstić information content (AvgIpc) is 2.81. The molecule has 1 aliphatic heterocycles. The Bertz CT molecular complexity index is 491. The number of nitrogens with zero attached hydrogens (tertiary/aromatic N) is 1. The predicted octanol–water partition coefficient (Wildman–Crippen LogP) is 2.40. The minimum absolute atomic E-state index is 0.0132. The zero-order valence-electron chi connectivity index (χ0n) is 11.9. The van der Waals surface area contributed by atoms with Gasteiger partial charge in [0.15, 0.2) is 0 Å². The van der Waals surface area contributed by atoms with Gasteiger partial charge in [0.1, 0.15) is 0 Å². The van der Waals surface area contributed by atoms with Gasteiger partial charge in [0, 0.05) is 11.0 Å². The lowest BCUT2D eigenvalue weighted by Crippen LogP contribution is -2.32. The summed E-state index contributed by atoms with van der Waals surface area (Å²) in [5, 5.41) is 12.5. The number of anilines is 1. The summed E-state index contributed by atoms with van der Waals surface area (Å²) in [6.07, 6.45) is 0.661. The summed E-state index contributed by atoms with van der Waals surface area (Å²) in [6, 6.07) is 5.86. The fourth-order valence-corrected chi connectivity index (χ4v) is 3.11. The molecule has 4 nitrogen and oxygen atoms in total. The Kier molecular flexibility index (Phi) is 5.18. The summed E-state index contributed by atoms with van der Waals surface area (Å²) < 4.78 is 0.897. The third-order valence-electron chi connectivity index (χ3n) is 3.76. The number of rotatable bonds is 4. The summed E-state index contributed by atoms with van der Waals surface area (Å²) in [4.78, 5) is 14.1. The molecule has 5 heteroatoms. The van der Waals surface area contributed by atoms with Crippen molar-refractivity contribution in [3.63, 3.8) is 0 Å². The first-order valence-electron chi connectivity index (χ1n) is 6.92. The van der Waals surface area contributed by atoms with E-state index in [2.05, 4.69) is 26.1 Å². The number of aliphatic hydroxyl groups excluding tert-OH is 1. The zero-order valence-corrected chi connectivity index (χ0v) is 13.5. The van der Waals surface area contributed by atoms with Crippen LogP contribution < -0.4 is 5.32 Å². The lowest BCUT2D eigenvalue weighted by atomic mass is 10.0. The molecule has 1 aromatic rings. The Hall–Kier alpha value is -0.910. The van der Waals surface area contributed by atoms with E-state index in [0.717, 1.165) is 35.2 Å². The number of halogens is 1. The van der Waals surface area contributed by atoms with Crippen molar-refractivity contribution in [1.29, 1.82) is 0 Å². The van der Waals surface area contributed by atoms with Gasteiger partial charge in [-0.2, -0.15) is 0 Å². The number of benzene rings is 1. The van der Waals surface area contributed by atoms with Gasteiger partial charge in [-0.05, 0) is 66.4 Å². The monoisotopic (exact) mass is 340 g/mol. The normalized spacial score (nSPS) is 20.9. The molecule has 0 aromatic heterocycles. The quantitative estimate of drug-likeness (QED) is 0.884. The Morgan fingerprint density at radius 2 is 2.35 bits per heavy atom. The van der Waals surface area contributed by atoms with Crippen LogP contribution in [0, 0.1) is 12.8 Å². The summed E-state index contributed by atoms with van der Waals surface area (Å²) in [5.74, 6) is 0.273. The van der Waals surface area contributed by atoms with Crippen molar-refractivity contribution in [2.45, 2.75) is 26.4 Å². The van der Waals surface area contributed by atoms with Gasteiger partial charge in [-0.3, -0.25) is 9.69 Å². The molecule has 1 aromatic carbocycles. The Balaban J connectivity index is 1.87. The number of amides is 1. The van der Waals surface area contributed by atoms with Gasteiger partial charge in [0.25, 0.3) is 0 Å². The SMILES string of the molecule is Cc1ccc(NC(=O)CN2CCC(C(C)O)C2)c(Br)c1. The van der Waals surface area contributed by atoms with Gasteiger partial charge in [-0.25, -0.2) is 0 Å². The van der Waals surface area contributed by atoms with Crippen molar-refractivity contribution < 1.29 is 9.90 Å². The molecule has 1 amide bonds. The molecule has 1 heterocycles. The molecular weight excluding hydrogens is 320 g/mol. The van der Waals surface area contributed by atoms with Crippen molar-refractivity contribution in [3.8, 4) is 0 Å². The number of carbonyl (C=O) groups excluding carboxylic acids is 1. The van der Waals surface area contributed by atoms with E-state index in [1.54, 1.807) is 0 Å². The van der Waals surface area contributed by atoms with E-state index in [-0.39, 0.29) is 17.9 Å². The summed E-state index contributed by atoms with van der Waals surface area (Å²) in [6.45, 7) is 5.87. The number of carbonyl (C=O) groups is 1. The third-order valence-corrected chi connectivity index (χ3v) is 4.41. The van der Waals surface area contributed by atoms with E-state index < -0.39 is 0 Å². The Morgan fingerprint density at radius 1 is 1.60 bits per heavy atom. The maximum absolute atomic E-state index is 12.0. The molecular formula is C15H21BrN2O2. The third kappa shape index (κ3) is 4.04. The molecule has 0 spiro atoms. The van der Waals surface area contributed by atoms with Gasteiger partial charge in [0.05, 0.1) is 18.3 Å². The standard InChI is InChI=1S/C15H21BrN2O2/c1-10-3-4-14(13(16)7-10)17-15(20)9-18-6-5-12(8-18)11(2)19/h3-4,7,11-12,19H,5-6,8-9H2,1-2H3,(H,17,20). The van der Waals surface area contributed by atoms with E-state index in [0.29, 0.717) is 6.54 Å². The van der Waals surface area contributed by atoms with Crippen LogP contribution in [0.1, 0.15) is 18.9 Å². The van der Waals surface area contributed by atoms with Crippen LogP contribution in [0.15, 0.2) is 22.7 Å². The van der Waals surface area contributed by atoms with Crippen LogP contribution in [0.3, 0.4) is 0 Å². The molecule has 2 N–H and O–H groups in total. The molecule has 0 bridgehead atoms. The summed E-state index contributed by atoms with van der Waals surface area (Å²) >= 11 is 3.46. The van der Waals surface area contributed by atoms with Crippen molar-refractivity contribution in [2.24, 2.45) is 5.92 Å². The maximum atomic E-state index is 12.0. The first-order valence-corrected chi connectivity index (χ1v) is 7.71. The van der Waals surface area contributed by atoms with Crippen LogP contribution in [0.5, 0.6) is 0 Å². The molecule has 110 valence electrons. The van der Waals surface area contributed by atoms with E-state index in [1.807, 2.05) is 32.0 Å². The molecule has 1 aliphatic rings. The molecule has 20 heavy (non-hydrogen) atoms. The Morgan fingerprint density at radius 3 is 2.95 bits per heavy atom. The fourth-order valence-electron chi connectivity index (χ4n) is 2.51. The Labute approximate surface area is 128 Å².